The van der Waals surface area contributed by atoms with Crippen LogP contribution in [0.3, 0.4) is 0 Å². The first-order valence-electron chi connectivity index (χ1n) is 6.13. The van der Waals surface area contributed by atoms with Crippen molar-refractivity contribution in [3.05, 3.63) is 42.5 Å². The zero-order valence-corrected chi connectivity index (χ0v) is 10.5. The van der Waals surface area contributed by atoms with E-state index in [1.54, 1.807) is 36.7 Å². The lowest BCUT2D eigenvalue weighted by molar-refractivity contribution is 0.252. The molecule has 2 rings (SSSR count). The number of nitrogens with two attached hydrogens (primary N) is 1. The molecule has 100 valence electrons. The first kappa shape index (κ1) is 12.9. The number of benzene rings is 1. The van der Waals surface area contributed by atoms with E-state index in [0.29, 0.717) is 12.2 Å². The molecule has 0 aliphatic rings. The average molecular weight is 259 g/mol. The van der Waals surface area contributed by atoms with Gasteiger partial charge in [-0.25, -0.2) is 9.78 Å². The Kier molecular flexibility index (Phi) is 4.39. The van der Waals surface area contributed by atoms with Crippen molar-refractivity contribution in [3.63, 3.8) is 0 Å². The third-order valence-corrected chi connectivity index (χ3v) is 2.60. The maximum atomic E-state index is 11.6. The Morgan fingerprint density at radius 3 is 2.79 bits per heavy atom. The summed E-state index contributed by atoms with van der Waals surface area (Å²) in [5, 5.41) is 5.52. The van der Waals surface area contributed by atoms with Gasteiger partial charge in [-0.3, -0.25) is 0 Å². The van der Waals surface area contributed by atoms with E-state index >= 15 is 0 Å². The van der Waals surface area contributed by atoms with Gasteiger partial charge < -0.3 is 21.4 Å². The Morgan fingerprint density at radius 1 is 1.32 bits per heavy atom. The molecule has 0 saturated heterocycles. The lowest BCUT2D eigenvalue weighted by Gasteiger charge is -2.07. The SMILES string of the molecule is Nc1ccc(NC(=O)NCCCc2ncc[nH]2)cc1. The van der Waals surface area contributed by atoms with Crippen LogP contribution in [0, 0.1) is 0 Å². The Bertz CT molecular complexity index is 506. The van der Waals surface area contributed by atoms with Gasteiger partial charge >= 0.3 is 6.03 Å². The third-order valence-electron chi connectivity index (χ3n) is 2.60. The van der Waals surface area contributed by atoms with Crippen molar-refractivity contribution >= 4 is 17.4 Å². The van der Waals surface area contributed by atoms with E-state index in [0.717, 1.165) is 24.4 Å². The van der Waals surface area contributed by atoms with Crippen LogP contribution < -0.4 is 16.4 Å². The Morgan fingerprint density at radius 2 is 2.11 bits per heavy atom. The number of carbonyl (C=O) groups excluding carboxylic acids is 1. The number of hydrogen-bond donors (Lipinski definition) is 4. The van der Waals surface area contributed by atoms with Crippen molar-refractivity contribution in [2.45, 2.75) is 12.8 Å². The number of amides is 2. The van der Waals surface area contributed by atoms with Gasteiger partial charge in [0.05, 0.1) is 0 Å². The molecule has 0 aliphatic heterocycles. The highest BCUT2D eigenvalue weighted by atomic mass is 16.2. The van der Waals surface area contributed by atoms with Gasteiger partial charge in [0.15, 0.2) is 0 Å². The molecule has 0 spiro atoms. The molecule has 6 heteroatoms. The van der Waals surface area contributed by atoms with Gasteiger partial charge in [0.2, 0.25) is 0 Å². The molecule has 2 aromatic rings. The fraction of sp³-hybridized carbons (Fsp3) is 0.231. The Balaban J connectivity index is 1.65. The number of H-pyrrole nitrogens is 1. The molecule has 1 aromatic carbocycles. The van der Waals surface area contributed by atoms with Gasteiger partial charge in [0.1, 0.15) is 5.82 Å². The van der Waals surface area contributed by atoms with Gasteiger partial charge in [0, 0.05) is 36.7 Å². The summed E-state index contributed by atoms with van der Waals surface area (Å²) < 4.78 is 0. The van der Waals surface area contributed by atoms with E-state index in [-0.39, 0.29) is 6.03 Å². The predicted molar refractivity (Wildman–Crippen MR) is 74.8 cm³/mol. The number of hydrogen-bond acceptors (Lipinski definition) is 3. The summed E-state index contributed by atoms with van der Waals surface area (Å²) in [4.78, 5) is 18.7. The monoisotopic (exact) mass is 259 g/mol. The molecule has 2 amide bonds. The minimum absolute atomic E-state index is 0.218. The quantitative estimate of drug-likeness (QED) is 0.486. The van der Waals surface area contributed by atoms with Gasteiger partial charge in [-0.15, -0.1) is 0 Å². The van der Waals surface area contributed by atoms with E-state index < -0.39 is 0 Å². The van der Waals surface area contributed by atoms with Crippen LogP contribution in [0.4, 0.5) is 16.2 Å². The second-order valence-corrected chi connectivity index (χ2v) is 4.14. The first-order valence-corrected chi connectivity index (χ1v) is 6.13. The highest BCUT2D eigenvalue weighted by Crippen LogP contribution is 2.09. The largest absolute Gasteiger partial charge is 0.399 e. The van der Waals surface area contributed by atoms with Crippen LogP contribution >= 0.6 is 0 Å². The molecule has 0 radical (unpaired) electrons. The summed E-state index contributed by atoms with van der Waals surface area (Å²) in [6.07, 6.45) is 5.16. The highest BCUT2D eigenvalue weighted by molar-refractivity contribution is 5.89. The summed E-state index contributed by atoms with van der Waals surface area (Å²) in [6, 6.07) is 6.79. The number of aromatic amines is 1. The second-order valence-electron chi connectivity index (χ2n) is 4.14. The van der Waals surface area contributed by atoms with E-state index in [2.05, 4.69) is 20.6 Å². The zero-order valence-electron chi connectivity index (χ0n) is 10.5. The van der Waals surface area contributed by atoms with E-state index in [1.807, 2.05) is 0 Å². The normalized spacial score (nSPS) is 10.1. The Labute approximate surface area is 111 Å². The van der Waals surface area contributed by atoms with Crippen molar-refractivity contribution in [1.29, 1.82) is 0 Å². The Hall–Kier alpha value is -2.50. The fourth-order valence-corrected chi connectivity index (χ4v) is 1.63. The van der Waals surface area contributed by atoms with Gasteiger partial charge in [-0.05, 0) is 30.7 Å². The van der Waals surface area contributed by atoms with Crippen molar-refractivity contribution in [3.8, 4) is 0 Å². The molecule has 0 bridgehead atoms. The highest BCUT2D eigenvalue weighted by Gasteiger charge is 2.01. The molecule has 0 fully saturated rings. The van der Waals surface area contributed by atoms with E-state index in [4.69, 9.17) is 5.73 Å². The smallest absolute Gasteiger partial charge is 0.319 e. The number of rotatable bonds is 5. The summed E-state index contributed by atoms with van der Waals surface area (Å²) in [5.74, 6) is 0.931. The molecule has 0 atom stereocenters. The van der Waals surface area contributed by atoms with Crippen molar-refractivity contribution in [1.82, 2.24) is 15.3 Å². The summed E-state index contributed by atoms with van der Waals surface area (Å²) in [7, 11) is 0. The molecule has 19 heavy (non-hydrogen) atoms. The van der Waals surface area contributed by atoms with Crippen molar-refractivity contribution in [2.75, 3.05) is 17.6 Å². The van der Waals surface area contributed by atoms with Crippen LogP contribution in [0.5, 0.6) is 0 Å². The summed E-state index contributed by atoms with van der Waals surface area (Å²) >= 11 is 0. The fourth-order valence-electron chi connectivity index (χ4n) is 1.63. The molecule has 6 nitrogen and oxygen atoms in total. The van der Waals surface area contributed by atoms with Gasteiger partial charge in [-0.1, -0.05) is 0 Å². The van der Waals surface area contributed by atoms with Gasteiger partial charge in [0.25, 0.3) is 0 Å². The summed E-state index contributed by atoms with van der Waals surface area (Å²) in [5.41, 5.74) is 6.96. The number of nitrogens with one attached hydrogen (secondary N) is 3. The number of nitrogens with zero attached hydrogens (tertiary/aromatic N) is 1. The lowest BCUT2D eigenvalue weighted by atomic mass is 10.3. The van der Waals surface area contributed by atoms with Crippen LogP contribution in [-0.2, 0) is 6.42 Å². The molecule has 0 saturated carbocycles. The number of imidazole rings is 1. The van der Waals surface area contributed by atoms with Crippen LogP contribution in [-0.4, -0.2) is 22.5 Å². The predicted octanol–water partition coefficient (Wildman–Crippen LogP) is 1.75. The lowest BCUT2D eigenvalue weighted by Crippen LogP contribution is -2.29. The zero-order chi connectivity index (χ0) is 13.5. The standard InChI is InChI=1S/C13H17N5O/c14-10-3-5-11(6-4-10)18-13(19)17-7-1-2-12-15-8-9-16-12/h3-6,8-9H,1-2,7,14H2,(H,15,16)(H2,17,18,19). The number of carbonyl (C=O) groups is 1. The number of anilines is 2. The molecule has 1 aromatic heterocycles. The number of nitrogen functional groups attached to an aromatic ring is 1. The van der Waals surface area contributed by atoms with Crippen LogP contribution in [0.1, 0.15) is 12.2 Å². The molecule has 0 unspecified atom stereocenters. The van der Waals surface area contributed by atoms with Crippen LogP contribution in [0.25, 0.3) is 0 Å². The first-order chi connectivity index (χ1) is 9.24. The van der Waals surface area contributed by atoms with E-state index in [1.165, 1.54) is 0 Å². The van der Waals surface area contributed by atoms with Crippen LogP contribution in [0.15, 0.2) is 36.7 Å². The average Bonchev–Trinajstić information content (AvgIpc) is 2.91. The number of aromatic nitrogens is 2. The maximum absolute atomic E-state index is 11.6. The second kappa shape index (κ2) is 6.44. The minimum Gasteiger partial charge on any atom is -0.399 e. The summed E-state index contributed by atoms with van der Waals surface area (Å²) in [6.45, 7) is 0.599. The number of aryl methyl sites for hydroxylation is 1. The minimum atomic E-state index is -0.218. The molecule has 0 aliphatic carbocycles. The van der Waals surface area contributed by atoms with Crippen molar-refractivity contribution in [2.24, 2.45) is 0 Å². The molecule has 5 N–H and O–H groups in total. The topological polar surface area (TPSA) is 95.8 Å². The third kappa shape index (κ3) is 4.34. The van der Waals surface area contributed by atoms with Crippen LogP contribution in [0.2, 0.25) is 0 Å². The molecular formula is C13H17N5O. The van der Waals surface area contributed by atoms with Crippen molar-refractivity contribution < 1.29 is 4.79 Å². The maximum Gasteiger partial charge on any atom is 0.319 e. The number of urea groups is 1. The molecule has 1 heterocycles. The van der Waals surface area contributed by atoms with E-state index in [9.17, 15) is 4.79 Å². The molecular weight excluding hydrogens is 242 g/mol. The van der Waals surface area contributed by atoms with Gasteiger partial charge in [-0.2, -0.15) is 0 Å².